The molecule has 0 aromatic heterocycles. The molecule has 0 radical (unpaired) electrons. The van der Waals surface area contributed by atoms with Crippen molar-refractivity contribution in [1.82, 2.24) is 5.32 Å². The van der Waals surface area contributed by atoms with Crippen molar-refractivity contribution >= 4 is 5.91 Å². The van der Waals surface area contributed by atoms with E-state index in [1.54, 1.807) is 0 Å². The van der Waals surface area contributed by atoms with Gasteiger partial charge in [0.1, 0.15) is 5.75 Å². The molecule has 0 fully saturated rings. The van der Waals surface area contributed by atoms with Crippen LogP contribution in [0.15, 0.2) is 18.2 Å². The van der Waals surface area contributed by atoms with Crippen LogP contribution in [-0.2, 0) is 16.6 Å². The van der Waals surface area contributed by atoms with Crippen molar-refractivity contribution < 1.29 is 9.53 Å². The first-order valence-corrected chi connectivity index (χ1v) is 6.30. The minimum Gasteiger partial charge on any atom is -0.493 e. The number of rotatable bonds is 4. The maximum atomic E-state index is 12.1. The van der Waals surface area contributed by atoms with Gasteiger partial charge in [0.05, 0.1) is 12.0 Å². The number of amides is 1. The smallest absolute Gasteiger partial charge is 0.230 e. The molecule has 1 aliphatic heterocycles. The lowest BCUT2D eigenvalue weighted by atomic mass is 9.82. The van der Waals surface area contributed by atoms with E-state index in [1.165, 1.54) is 5.56 Å². The normalized spacial score (nSPS) is 13.9. The maximum absolute atomic E-state index is 12.1. The topological polar surface area (TPSA) is 64.4 Å². The fourth-order valence-electron chi connectivity index (χ4n) is 2.11. The molecule has 98 valence electrons. The van der Waals surface area contributed by atoms with E-state index in [0.717, 1.165) is 24.3 Å². The fraction of sp³-hybridized carbons (Fsp3) is 0.500. The summed E-state index contributed by atoms with van der Waals surface area (Å²) in [6.45, 7) is 5.56. The number of ether oxygens (including phenoxy) is 1. The van der Waals surface area contributed by atoms with E-state index in [9.17, 15) is 4.79 Å². The maximum Gasteiger partial charge on any atom is 0.230 e. The molecule has 0 spiro atoms. The van der Waals surface area contributed by atoms with Crippen LogP contribution in [0.1, 0.15) is 25.0 Å². The summed E-state index contributed by atoms with van der Waals surface area (Å²) in [5, 5.41) is 2.84. The summed E-state index contributed by atoms with van der Waals surface area (Å²) >= 11 is 0. The standard InChI is InChI=1S/C14H20N2O2/c1-14(2,13(17)16-7-6-15)11-3-4-12-10(9-11)5-8-18-12/h3-4,9H,5-8,15H2,1-2H3,(H,16,17). The van der Waals surface area contributed by atoms with Gasteiger partial charge in [0, 0.05) is 19.5 Å². The molecule has 1 aromatic carbocycles. The van der Waals surface area contributed by atoms with Crippen molar-refractivity contribution in [2.45, 2.75) is 25.7 Å². The van der Waals surface area contributed by atoms with Crippen molar-refractivity contribution in [2.24, 2.45) is 5.73 Å². The molecule has 0 aliphatic carbocycles. The highest BCUT2D eigenvalue weighted by atomic mass is 16.5. The van der Waals surface area contributed by atoms with Crippen LogP contribution < -0.4 is 15.8 Å². The predicted molar refractivity (Wildman–Crippen MR) is 70.7 cm³/mol. The summed E-state index contributed by atoms with van der Waals surface area (Å²) in [5.74, 6) is 0.948. The SMILES string of the molecule is CC(C)(C(=O)NCCN)c1ccc2c(c1)CCO2. The Morgan fingerprint density at radius 3 is 3.00 bits per heavy atom. The predicted octanol–water partition coefficient (Wildman–Crippen LogP) is 0.974. The Balaban J connectivity index is 2.21. The van der Waals surface area contributed by atoms with Gasteiger partial charge >= 0.3 is 0 Å². The zero-order valence-electron chi connectivity index (χ0n) is 11.0. The first-order valence-electron chi connectivity index (χ1n) is 6.30. The number of carbonyl (C=O) groups excluding carboxylic acids is 1. The number of benzene rings is 1. The van der Waals surface area contributed by atoms with Crippen LogP contribution in [0, 0.1) is 0 Å². The van der Waals surface area contributed by atoms with E-state index in [0.29, 0.717) is 13.1 Å². The Morgan fingerprint density at radius 1 is 1.50 bits per heavy atom. The van der Waals surface area contributed by atoms with E-state index >= 15 is 0 Å². The van der Waals surface area contributed by atoms with Gasteiger partial charge in [-0.2, -0.15) is 0 Å². The summed E-state index contributed by atoms with van der Waals surface area (Å²) in [4.78, 5) is 12.1. The van der Waals surface area contributed by atoms with Crippen LogP contribution in [0.2, 0.25) is 0 Å². The highest BCUT2D eigenvalue weighted by molar-refractivity contribution is 5.87. The van der Waals surface area contributed by atoms with Crippen LogP contribution in [-0.4, -0.2) is 25.6 Å². The first kappa shape index (κ1) is 12.9. The van der Waals surface area contributed by atoms with Crippen LogP contribution in [0.3, 0.4) is 0 Å². The first-order chi connectivity index (χ1) is 8.55. The van der Waals surface area contributed by atoms with Crippen molar-refractivity contribution in [2.75, 3.05) is 19.7 Å². The third-order valence-corrected chi connectivity index (χ3v) is 3.41. The number of hydrogen-bond donors (Lipinski definition) is 2. The lowest BCUT2D eigenvalue weighted by molar-refractivity contribution is -0.125. The largest absolute Gasteiger partial charge is 0.493 e. The van der Waals surface area contributed by atoms with Crippen LogP contribution in [0.25, 0.3) is 0 Å². The summed E-state index contributed by atoms with van der Waals surface area (Å²) in [5.41, 5.74) is 7.05. The van der Waals surface area contributed by atoms with Gasteiger partial charge in [-0.1, -0.05) is 12.1 Å². The molecule has 4 heteroatoms. The fourth-order valence-corrected chi connectivity index (χ4v) is 2.11. The van der Waals surface area contributed by atoms with Crippen molar-refractivity contribution in [3.63, 3.8) is 0 Å². The number of hydrogen-bond acceptors (Lipinski definition) is 3. The second-order valence-corrected chi connectivity index (χ2v) is 5.09. The Kier molecular flexibility index (Phi) is 3.57. The van der Waals surface area contributed by atoms with Crippen LogP contribution >= 0.6 is 0 Å². The lowest BCUT2D eigenvalue weighted by Gasteiger charge is -2.24. The monoisotopic (exact) mass is 248 g/mol. The van der Waals surface area contributed by atoms with Gasteiger partial charge in [0.25, 0.3) is 0 Å². The third kappa shape index (κ3) is 2.34. The molecule has 1 aliphatic rings. The Labute approximate surface area is 108 Å². The second kappa shape index (κ2) is 4.98. The van der Waals surface area contributed by atoms with Crippen molar-refractivity contribution in [3.8, 4) is 5.75 Å². The average Bonchev–Trinajstić information content (AvgIpc) is 2.82. The van der Waals surface area contributed by atoms with Crippen molar-refractivity contribution in [1.29, 1.82) is 0 Å². The minimum atomic E-state index is -0.549. The number of fused-ring (bicyclic) bond motifs is 1. The summed E-state index contributed by atoms with van der Waals surface area (Å²) < 4.78 is 5.47. The molecule has 0 unspecified atom stereocenters. The third-order valence-electron chi connectivity index (χ3n) is 3.41. The number of nitrogens with two attached hydrogens (primary N) is 1. The summed E-state index contributed by atoms with van der Waals surface area (Å²) in [6.07, 6.45) is 0.920. The van der Waals surface area contributed by atoms with Crippen LogP contribution in [0.4, 0.5) is 0 Å². The van der Waals surface area contributed by atoms with Gasteiger partial charge < -0.3 is 15.8 Å². The zero-order chi connectivity index (χ0) is 13.2. The molecule has 1 amide bonds. The van der Waals surface area contributed by atoms with E-state index in [1.807, 2.05) is 26.0 Å². The average molecular weight is 248 g/mol. The molecule has 2 rings (SSSR count). The number of nitrogens with one attached hydrogen (secondary N) is 1. The summed E-state index contributed by atoms with van der Waals surface area (Å²) in [6, 6.07) is 5.99. The summed E-state index contributed by atoms with van der Waals surface area (Å²) in [7, 11) is 0. The van der Waals surface area contributed by atoms with Gasteiger partial charge in [-0.25, -0.2) is 0 Å². The molecular formula is C14H20N2O2. The van der Waals surface area contributed by atoms with E-state index < -0.39 is 5.41 Å². The van der Waals surface area contributed by atoms with Gasteiger partial charge in [-0.05, 0) is 31.0 Å². The highest BCUT2D eigenvalue weighted by Crippen LogP contribution is 2.31. The minimum absolute atomic E-state index is 0.00631. The number of carbonyl (C=O) groups is 1. The molecule has 0 saturated carbocycles. The molecule has 0 saturated heterocycles. The lowest BCUT2D eigenvalue weighted by Crippen LogP contribution is -2.42. The Bertz CT molecular complexity index is 455. The molecule has 0 bridgehead atoms. The van der Waals surface area contributed by atoms with Gasteiger partial charge in [-0.3, -0.25) is 4.79 Å². The molecule has 3 N–H and O–H groups in total. The van der Waals surface area contributed by atoms with E-state index in [2.05, 4.69) is 11.4 Å². The Hall–Kier alpha value is -1.55. The van der Waals surface area contributed by atoms with Gasteiger partial charge in [0.15, 0.2) is 0 Å². The quantitative estimate of drug-likeness (QED) is 0.834. The van der Waals surface area contributed by atoms with E-state index in [-0.39, 0.29) is 5.91 Å². The molecule has 4 nitrogen and oxygen atoms in total. The molecule has 0 atom stereocenters. The van der Waals surface area contributed by atoms with Gasteiger partial charge in [0.2, 0.25) is 5.91 Å². The molecule has 1 heterocycles. The zero-order valence-corrected chi connectivity index (χ0v) is 11.0. The van der Waals surface area contributed by atoms with Crippen LogP contribution in [0.5, 0.6) is 5.75 Å². The molecule has 1 aromatic rings. The van der Waals surface area contributed by atoms with Gasteiger partial charge in [-0.15, -0.1) is 0 Å². The second-order valence-electron chi connectivity index (χ2n) is 5.09. The highest BCUT2D eigenvalue weighted by Gasteiger charge is 2.30. The van der Waals surface area contributed by atoms with E-state index in [4.69, 9.17) is 10.5 Å². The molecular weight excluding hydrogens is 228 g/mol. The van der Waals surface area contributed by atoms with Crippen molar-refractivity contribution in [3.05, 3.63) is 29.3 Å². The molecule has 18 heavy (non-hydrogen) atoms. The Morgan fingerprint density at radius 2 is 2.28 bits per heavy atom.